The van der Waals surface area contributed by atoms with Crippen molar-refractivity contribution in [1.82, 2.24) is 9.88 Å². The number of hydrogen-bond donors (Lipinski definition) is 1. The highest BCUT2D eigenvalue weighted by Crippen LogP contribution is 2.37. The molecule has 0 amide bonds. The fraction of sp³-hybridized carbons (Fsp3) is 0.545. The first kappa shape index (κ1) is 24.6. The van der Waals surface area contributed by atoms with Crippen molar-refractivity contribution in [2.75, 3.05) is 19.7 Å². The lowest BCUT2D eigenvalue weighted by Gasteiger charge is -2.39. The molecule has 32 heavy (non-hydrogen) atoms. The van der Waals surface area contributed by atoms with Gasteiger partial charge in [-0.15, -0.1) is 11.3 Å². The topological polar surface area (TPSA) is 71.9 Å². The Labute approximate surface area is 189 Å². The van der Waals surface area contributed by atoms with E-state index in [0.29, 0.717) is 13.2 Å². The number of aromatic nitrogens is 1. The van der Waals surface area contributed by atoms with Crippen molar-refractivity contribution >= 4 is 17.3 Å². The lowest BCUT2D eigenvalue weighted by molar-refractivity contribution is -0.192. The molecule has 0 unspecified atom stereocenters. The Kier molecular flexibility index (Phi) is 8.26. The number of aryl methyl sites for hydroxylation is 1. The number of carbonyl (C=O) groups is 1. The second-order valence-corrected chi connectivity index (χ2v) is 9.14. The Morgan fingerprint density at radius 2 is 2.22 bits per heavy atom. The average Bonchev–Trinajstić information content (AvgIpc) is 3.33. The van der Waals surface area contributed by atoms with E-state index in [-0.39, 0.29) is 11.7 Å². The number of rotatable bonds is 5. The summed E-state index contributed by atoms with van der Waals surface area (Å²) < 4.78 is 44.1. The molecule has 0 bridgehead atoms. The van der Waals surface area contributed by atoms with Gasteiger partial charge in [-0.2, -0.15) is 13.2 Å². The summed E-state index contributed by atoms with van der Waals surface area (Å²) in [5.41, 5.74) is 2.53. The SMILES string of the molecule is Cc1ccsc1CN1CCC[C@]2(C[C@H](OCc3cccnc3)CO2)C1.O=C(O)C(F)(F)F. The number of hydrogen-bond acceptors (Lipinski definition) is 6. The summed E-state index contributed by atoms with van der Waals surface area (Å²) in [5.74, 6) is -2.76. The maximum absolute atomic E-state index is 10.6. The van der Waals surface area contributed by atoms with Gasteiger partial charge in [-0.25, -0.2) is 4.79 Å². The number of piperidine rings is 1. The van der Waals surface area contributed by atoms with Gasteiger partial charge in [-0.1, -0.05) is 6.07 Å². The number of halogens is 3. The van der Waals surface area contributed by atoms with Crippen LogP contribution in [0, 0.1) is 6.92 Å². The molecule has 176 valence electrons. The molecule has 2 atom stereocenters. The minimum absolute atomic E-state index is 0.0109. The Balaban J connectivity index is 0.000000360. The van der Waals surface area contributed by atoms with Gasteiger partial charge in [0, 0.05) is 36.8 Å². The molecule has 0 radical (unpaired) electrons. The number of pyridine rings is 1. The summed E-state index contributed by atoms with van der Waals surface area (Å²) in [6, 6.07) is 6.23. The van der Waals surface area contributed by atoms with Crippen molar-refractivity contribution in [3.05, 3.63) is 52.0 Å². The van der Waals surface area contributed by atoms with Crippen LogP contribution in [-0.2, 0) is 27.4 Å². The van der Waals surface area contributed by atoms with Gasteiger partial charge in [-0.05, 0) is 54.9 Å². The molecule has 4 heterocycles. The maximum atomic E-state index is 10.6. The molecule has 0 aliphatic carbocycles. The number of carboxylic acid groups (broad SMARTS) is 1. The van der Waals surface area contributed by atoms with E-state index in [4.69, 9.17) is 19.4 Å². The summed E-state index contributed by atoms with van der Waals surface area (Å²) in [6.45, 7) is 6.79. The predicted octanol–water partition coefficient (Wildman–Crippen LogP) is 4.43. The van der Waals surface area contributed by atoms with Crippen molar-refractivity contribution in [1.29, 1.82) is 0 Å². The minimum atomic E-state index is -5.08. The van der Waals surface area contributed by atoms with Crippen LogP contribution in [0.1, 0.15) is 35.3 Å². The van der Waals surface area contributed by atoms with E-state index >= 15 is 0 Å². The fourth-order valence-corrected chi connectivity index (χ4v) is 4.93. The third-order valence-electron chi connectivity index (χ3n) is 5.58. The standard InChI is InChI=1S/C20H26N2O2S.C2HF3O2/c1-16-5-9-25-19(16)12-22-8-3-6-20(15-22)10-18(14-24-20)23-13-17-4-2-7-21-11-17;3-2(4,5)1(6)7/h2,4-5,7,9,11,18H,3,6,8,10,12-15H2,1H3;(H,6,7)/t18-,20-;/m0./s1. The Morgan fingerprint density at radius 3 is 2.84 bits per heavy atom. The zero-order valence-corrected chi connectivity index (χ0v) is 18.6. The summed E-state index contributed by atoms with van der Waals surface area (Å²) >= 11 is 1.87. The van der Waals surface area contributed by atoms with Crippen LogP contribution in [0.3, 0.4) is 0 Å². The van der Waals surface area contributed by atoms with Gasteiger partial charge >= 0.3 is 12.1 Å². The Bertz CT molecular complexity index is 878. The van der Waals surface area contributed by atoms with Crippen LogP contribution in [0.15, 0.2) is 36.0 Å². The maximum Gasteiger partial charge on any atom is 0.490 e. The van der Waals surface area contributed by atoms with E-state index < -0.39 is 12.1 Å². The molecule has 1 spiro atoms. The monoisotopic (exact) mass is 472 g/mol. The van der Waals surface area contributed by atoms with Crippen LogP contribution in [0.4, 0.5) is 13.2 Å². The first-order chi connectivity index (χ1) is 15.2. The van der Waals surface area contributed by atoms with E-state index in [2.05, 4.69) is 34.3 Å². The largest absolute Gasteiger partial charge is 0.490 e. The molecule has 0 saturated carbocycles. The summed E-state index contributed by atoms with van der Waals surface area (Å²) in [5, 5.41) is 9.32. The van der Waals surface area contributed by atoms with Gasteiger partial charge in [0.25, 0.3) is 0 Å². The second kappa shape index (κ2) is 10.7. The van der Waals surface area contributed by atoms with Crippen LogP contribution in [0.25, 0.3) is 0 Å². The summed E-state index contributed by atoms with van der Waals surface area (Å²) in [4.78, 5) is 17.1. The summed E-state index contributed by atoms with van der Waals surface area (Å²) in [7, 11) is 0. The molecule has 10 heteroatoms. The number of likely N-dealkylation sites (tertiary alicyclic amines) is 1. The highest BCUT2D eigenvalue weighted by atomic mass is 32.1. The predicted molar refractivity (Wildman–Crippen MR) is 113 cm³/mol. The minimum Gasteiger partial charge on any atom is -0.475 e. The third kappa shape index (κ3) is 6.99. The molecule has 4 rings (SSSR count). The van der Waals surface area contributed by atoms with E-state index in [1.54, 1.807) is 6.20 Å². The van der Waals surface area contributed by atoms with E-state index in [1.165, 1.54) is 23.4 Å². The van der Waals surface area contributed by atoms with Crippen molar-refractivity contribution in [2.45, 2.75) is 57.2 Å². The van der Waals surface area contributed by atoms with E-state index in [0.717, 1.165) is 31.5 Å². The van der Waals surface area contributed by atoms with E-state index in [1.807, 2.05) is 23.6 Å². The third-order valence-corrected chi connectivity index (χ3v) is 6.59. The molecule has 2 aliphatic rings. The number of ether oxygens (including phenoxy) is 2. The fourth-order valence-electron chi connectivity index (χ4n) is 3.99. The van der Waals surface area contributed by atoms with Crippen LogP contribution in [-0.4, -0.2) is 58.5 Å². The van der Waals surface area contributed by atoms with Crippen LogP contribution in [0.5, 0.6) is 0 Å². The molecule has 2 aromatic heterocycles. The first-order valence-electron chi connectivity index (χ1n) is 10.4. The van der Waals surface area contributed by atoms with Crippen molar-refractivity contribution < 1.29 is 32.5 Å². The van der Waals surface area contributed by atoms with Crippen LogP contribution >= 0.6 is 11.3 Å². The highest BCUT2D eigenvalue weighted by molar-refractivity contribution is 7.10. The van der Waals surface area contributed by atoms with Gasteiger partial charge < -0.3 is 14.6 Å². The zero-order chi connectivity index (χ0) is 23.2. The van der Waals surface area contributed by atoms with Gasteiger partial charge in [-0.3, -0.25) is 9.88 Å². The lowest BCUT2D eigenvalue weighted by atomic mass is 9.89. The molecule has 2 aromatic rings. The normalized spacial score (nSPS) is 23.7. The lowest BCUT2D eigenvalue weighted by Crippen LogP contribution is -2.47. The molecule has 2 saturated heterocycles. The summed E-state index contributed by atoms with van der Waals surface area (Å²) in [6.07, 6.45) is 2.15. The molecule has 0 aromatic carbocycles. The van der Waals surface area contributed by atoms with Crippen LogP contribution in [0.2, 0.25) is 0 Å². The molecular formula is C22H27F3N2O4S. The smallest absolute Gasteiger partial charge is 0.475 e. The quantitative estimate of drug-likeness (QED) is 0.695. The molecule has 6 nitrogen and oxygen atoms in total. The molecule has 2 fully saturated rings. The van der Waals surface area contributed by atoms with Crippen LogP contribution < -0.4 is 0 Å². The number of carboxylic acids is 1. The van der Waals surface area contributed by atoms with Gasteiger partial charge in [0.15, 0.2) is 0 Å². The van der Waals surface area contributed by atoms with Gasteiger partial charge in [0.1, 0.15) is 0 Å². The number of aliphatic carboxylic acids is 1. The number of thiophene rings is 1. The van der Waals surface area contributed by atoms with Gasteiger partial charge in [0.2, 0.25) is 0 Å². The Hall–Kier alpha value is -2.01. The number of alkyl halides is 3. The molecule has 2 aliphatic heterocycles. The average molecular weight is 473 g/mol. The van der Waals surface area contributed by atoms with Crippen molar-refractivity contribution in [3.63, 3.8) is 0 Å². The van der Waals surface area contributed by atoms with Gasteiger partial charge in [0.05, 0.1) is 24.9 Å². The Morgan fingerprint density at radius 1 is 1.44 bits per heavy atom. The second-order valence-electron chi connectivity index (χ2n) is 8.14. The van der Waals surface area contributed by atoms with Crippen molar-refractivity contribution in [3.8, 4) is 0 Å². The zero-order valence-electron chi connectivity index (χ0n) is 17.8. The number of nitrogens with zero attached hydrogens (tertiary/aromatic N) is 2. The molecular weight excluding hydrogens is 445 g/mol. The molecule has 1 N–H and O–H groups in total. The van der Waals surface area contributed by atoms with E-state index in [9.17, 15) is 13.2 Å². The first-order valence-corrected chi connectivity index (χ1v) is 11.2. The highest BCUT2D eigenvalue weighted by Gasteiger charge is 2.44. The van der Waals surface area contributed by atoms with Crippen molar-refractivity contribution in [2.24, 2.45) is 0 Å².